The third kappa shape index (κ3) is 2.46. The lowest BCUT2D eigenvalue weighted by Crippen LogP contribution is -2.31. The van der Waals surface area contributed by atoms with Gasteiger partial charge in [0.1, 0.15) is 11.5 Å². The van der Waals surface area contributed by atoms with Gasteiger partial charge in [0.05, 0.1) is 17.1 Å². The highest BCUT2D eigenvalue weighted by atomic mass is 16.2. The molecule has 1 aliphatic rings. The highest BCUT2D eigenvalue weighted by molar-refractivity contribution is 5.92. The van der Waals surface area contributed by atoms with Gasteiger partial charge < -0.3 is 9.88 Å². The molecular formula is C19H20N4O. The maximum Gasteiger partial charge on any atom is 0.273 e. The monoisotopic (exact) mass is 320 g/mol. The van der Waals surface area contributed by atoms with Gasteiger partial charge in [-0.3, -0.25) is 9.78 Å². The highest BCUT2D eigenvalue weighted by Crippen LogP contribution is 2.32. The molecule has 1 fully saturated rings. The summed E-state index contributed by atoms with van der Waals surface area (Å²) in [5.41, 5.74) is 4.96. The van der Waals surface area contributed by atoms with Crippen LogP contribution in [0.15, 0.2) is 36.5 Å². The number of carbonyl (C=O) groups excluding carboxylic acids is 1. The number of rotatable bonds is 2. The van der Waals surface area contributed by atoms with Crippen molar-refractivity contribution >= 4 is 16.9 Å². The summed E-state index contributed by atoms with van der Waals surface area (Å²) in [6, 6.07) is 9.65. The zero-order chi connectivity index (χ0) is 16.7. The smallest absolute Gasteiger partial charge is 0.273 e. The molecule has 1 saturated heterocycles. The number of nitrogens with one attached hydrogen (secondary N) is 1. The van der Waals surface area contributed by atoms with Gasteiger partial charge >= 0.3 is 0 Å². The Morgan fingerprint density at radius 1 is 1.25 bits per heavy atom. The lowest BCUT2D eigenvalue weighted by atomic mass is 10.1. The van der Waals surface area contributed by atoms with Crippen molar-refractivity contribution in [1.29, 1.82) is 0 Å². The SMILES string of the molecule is Cc1cc2nc([C@@H]3CCCN3C(=O)c3ccccn3)[nH]c2cc1C. The standard InChI is InChI=1S/C19H20N4O/c1-12-10-15-16(11-13(12)2)22-18(21-15)17-7-5-9-23(17)19(24)14-6-3-4-8-20-14/h3-4,6,8,10-11,17H,5,7,9H2,1-2H3,(H,21,22)/t17-/m0/s1. The molecule has 0 bridgehead atoms. The van der Waals surface area contributed by atoms with E-state index < -0.39 is 0 Å². The van der Waals surface area contributed by atoms with Crippen molar-refractivity contribution in [3.05, 3.63) is 59.2 Å². The normalized spacial score (nSPS) is 17.6. The Bertz CT molecular complexity index is 861. The van der Waals surface area contributed by atoms with Crippen molar-refractivity contribution < 1.29 is 4.79 Å². The molecule has 0 unspecified atom stereocenters. The van der Waals surface area contributed by atoms with Crippen molar-refractivity contribution in [1.82, 2.24) is 19.9 Å². The highest BCUT2D eigenvalue weighted by Gasteiger charge is 2.33. The Hall–Kier alpha value is -2.69. The molecule has 5 heteroatoms. The maximum atomic E-state index is 12.8. The molecule has 1 amide bonds. The molecule has 122 valence electrons. The van der Waals surface area contributed by atoms with E-state index in [1.54, 1.807) is 12.3 Å². The van der Waals surface area contributed by atoms with Crippen LogP contribution in [0.1, 0.15) is 46.3 Å². The molecule has 5 nitrogen and oxygen atoms in total. The van der Waals surface area contributed by atoms with E-state index in [0.29, 0.717) is 5.69 Å². The van der Waals surface area contributed by atoms with Crippen molar-refractivity contribution in [3.63, 3.8) is 0 Å². The number of fused-ring (bicyclic) bond motifs is 1. The Kier molecular flexibility index (Phi) is 3.56. The summed E-state index contributed by atoms with van der Waals surface area (Å²) in [7, 11) is 0. The minimum atomic E-state index is -0.0223. The Balaban J connectivity index is 1.69. The third-order valence-corrected chi connectivity index (χ3v) is 4.83. The predicted octanol–water partition coefficient (Wildman–Crippen LogP) is 3.55. The number of hydrogen-bond acceptors (Lipinski definition) is 3. The van der Waals surface area contributed by atoms with Gasteiger partial charge in [-0.05, 0) is 62.1 Å². The first-order chi connectivity index (χ1) is 11.6. The molecule has 24 heavy (non-hydrogen) atoms. The van der Waals surface area contributed by atoms with Crippen LogP contribution in [0.4, 0.5) is 0 Å². The van der Waals surface area contributed by atoms with Gasteiger partial charge in [-0.1, -0.05) is 6.07 Å². The minimum absolute atomic E-state index is 0.00693. The number of imidazole rings is 1. The van der Waals surface area contributed by atoms with Gasteiger partial charge in [0.2, 0.25) is 0 Å². The van der Waals surface area contributed by atoms with Gasteiger partial charge in [-0.25, -0.2) is 4.98 Å². The lowest BCUT2D eigenvalue weighted by Gasteiger charge is -2.22. The van der Waals surface area contributed by atoms with E-state index in [0.717, 1.165) is 36.2 Å². The number of carbonyl (C=O) groups is 1. The first-order valence-electron chi connectivity index (χ1n) is 8.32. The largest absolute Gasteiger partial charge is 0.340 e. The molecule has 0 aliphatic carbocycles. The number of aryl methyl sites for hydroxylation is 2. The molecule has 1 atom stereocenters. The second-order valence-electron chi connectivity index (χ2n) is 6.45. The molecule has 0 saturated carbocycles. The van der Waals surface area contributed by atoms with Gasteiger partial charge in [-0.15, -0.1) is 0 Å². The second kappa shape index (κ2) is 5.74. The number of hydrogen-bond donors (Lipinski definition) is 1. The van der Waals surface area contributed by atoms with E-state index in [2.05, 4.69) is 35.9 Å². The van der Waals surface area contributed by atoms with E-state index in [4.69, 9.17) is 4.98 Å². The van der Waals surface area contributed by atoms with Crippen LogP contribution < -0.4 is 0 Å². The number of amides is 1. The van der Waals surface area contributed by atoms with Crippen molar-refractivity contribution in [2.75, 3.05) is 6.54 Å². The average Bonchev–Trinajstić information content (AvgIpc) is 3.22. The second-order valence-corrected chi connectivity index (χ2v) is 6.45. The molecule has 2 aromatic heterocycles. The zero-order valence-corrected chi connectivity index (χ0v) is 13.9. The summed E-state index contributed by atoms with van der Waals surface area (Å²) >= 11 is 0. The van der Waals surface area contributed by atoms with Crippen molar-refractivity contribution in [2.24, 2.45) is 0 Å². The Morgan fingerprint density at radius 3 is 2.88 bits per heavy atom. The molecule has 1 N–H and O–H groups in total. The summed E-state index contributed by atoms with van der Waals surface area (Å²) in [6.07, 6.45) is 3.57. The van der Waals surface area contributed by atoms with E-state index in [-0.39, 0.29) is 11.9 Å². The van der Waals surface area contributed by atoms with Crippen LogP contribution in [0.25, 0.3) is 11.0 Å². The topological polar surface area (TPSA) is 61.9 Å². The summed E-state index contributed by atoms with van der Waals surface area (Å²) in [5.74, 6) is 0.850. The quantitative estimate of drug-likeness (QED) is 0.785. The number of benzene rings is 1. The molecule has 0 radical (unpaired) electrons. The first kappa shape index (κ1) is 14.9. The summed E-state index contributed by atoms with van der Waals surface area (Å²) in [4.78, 5) is 27.0. The summed E-state index contributed by atoms with van der Waals surface area (Å²) in [5, 5.41) is 0. The van der Waals surface area contributed by atoms with Crippen LogP contribution in [0.3, 0.4) is 0 Å². The van der Waals surface area contributed by atoms with Crippen LogP contribution in [-0.4, -0.2) is 32.3 Å². The number of likely N-dealkylation sites (tertiary alicyclic amines) is 1. The van der Waals surface area contributed by atoms with Gasteiger partial charge in [0.15, 0.2) is 0 Å². The number of aromatic amines is 1. The molecular weight excluding hydrogens is 300 g/mol. The van der Waals surface area contributed by atoms with E-state index in [9.17, 15) is 4.79 Å². The van der Waals surface area contributed by atoms with Crippen LogP contribution in [0, 0.1) is 13.8 Å². The summed E-state index contributed by atoms with van der Waals surface area (Å²) in [6.45, 7) is 4.94. The Labute approximate surface area is 140 Å². The van der Waals surface area contributed by atoms with Crippen LogP contribution in [-0.2, 0) is 0 Å². The number of nitrogens with zero attached hydrogens (tertiary/aromatic N) is 3. The van der Waals surface area contributed by atoms with Gasteiger partial charge in [0, 0.05) is 12.7 Å². The molecule has 3 heterocycles. The zero-order valence-electron chi connectivity index (χ0n) is 13.9. The molecule has 3 aromatic rings. The van der Waals surface area contributed by atoms with E-state index >= 15 is 0 Å². The molecule has 1 aliphatic heterocycles. The van der Waals surface area contributed by atoms with Gasteiger partial charge in [0.25, 0.3) is 5.91 Å². The van der Waals surface area contributed by atoms with Gasteiger partial charge in [-0.2, -0.15) is 0 Å². The summed E-state index contributed by atoms with van der Waals surface area (Å²) < 4.78 is 0. The molecule has 4 rings (SSSR count). The van der Waals surface area contributed by atoms with Crippen LogP contribution >= 0.6 is 0 Å². The number of pyridine rings is 1. The lowest BCUT2D eigenvalue weighted by molar-refractivity contribution is 0.0724. The van der Waals surface area contributed by atoms with Crippen LogP contribution in [0.5, 0.6) is 0 Å². The average molecular weight is 320 g/mol. The fraction of sp³-hybridized carbons (Fsp3) is 0.316. The van der Waals surface area contributed by atoms with E-state index in [1.807, 2.05) is 17.0 Å². The van der Waals surface area contributed by atoms with Crippen molar-refractivity contribution in [2.45, 2.75) is 32.7 Å². The maximum absolute atomic E-state index is 12.8. The molecule has 0 spiro atoms. The number of H-pyrrole nitrogens is 1. The minimum Gasteiger partial charge on any atom is -0.340 e. The Morgan fingerprint density at radius 2 is 2.08 bits per heavy atom. The van der Waals surface area contributed by atoms with Crippen LogP contribution in [0.2, 0.25) is 0 Å². The van der Waals surface area contributed by atoms with E-state index in [1.165, 1.54) is 11.1 Å². The first-order valence-corrected chi connectivity index (χ1v) is 8.32. The predicted molar refractivity (Wildman–Crippen MR) is 92.8 cm³/mol. The molecule has 1 aromatic carbocycles. The number of aromatic nitrogens is 3. The fourth-order valence-electron chi connectivity index (χ4n) is 3.38. The van der Waals surface area contributed by atoms with Crippen molar-refractivity contribution in [3.8, 4) is 0 Å². The fourth-order valence-corrected chi connectivity index (χ4v) is 3.38. The third-order valence-electron chi connectivity index (χ3n) is 4.83.